The summed E-state index contributed by atoms with van der Waals surface area (Å²) in [5.41, 5.74) is 13.8. The molecule has 42 heavy (non-hydrogen) atoms. The number of aliphatic imine (C=N–C) groups is 1. The highest BCUT2D eigenvalue weighted by Crippen LogP contribution is 2.27. The van der Waals surface area contributed by atoms with Gasteiger partial charge in [-0.25, -0.2) is 0 Å². The molecule has 1 aliphatic heterocycles. The lowest BCUT2D eigenvalue weighted by Gasteiger charge is -2.29. The Kier molecular flexibility index (Phi) is 11.1. The van der Waals surface area contributed by atoms with Gasteiger partial charge in [-0.05, 0) is 42.5 Å². The van der Waals surface area contributed by atoms with Gasteiger partial charge in [0.2, 0.25) is 11.8 Å². The Bertz CT molecular complexity index is 1320. The number of phenols is 1. The summed E-state index contributed by atoms with van der Waals surface area (Å²) < 4.78 is 0. The van der Waals surface area contributed by atoms with Gasteiger partial charge in [0.05, 0.1) is 6.04 Å². The number of carbonyl (C=O) groups is 2. The third-order valence-corrected chi connectivity index (χ3v) is 7.42. The van der Waals surface area contributed by atoms with E-state index in [1.807, 2.05) is 41.3 Å². The summed E-state index contributed by atoms with van der Waals surface area (Å²) in [5, 5.41) is 16.4. The molecule has 0 bridgehead atoms. The van der Waals surface area contributed by atoms with E-state index >= 15 is 0 Å². The summed E-state index contributed by atoms with van der Waals surface area (Å²) in [6, 6.07) is 26.8. The molecular weight excluding hydrogens is 528 g/mol. The summed E-state index contributed by atoms with van der Waals surface area (Å²) in [4.78, 5) is 32.5. The second kappa shape index (κ2) is 15.4. The van der Waals surface area contributed by atoms with Crippen LogP contribution in [0, 0.1) is 0 Å². The number of phenolic OH excluding ortho intramolecular Hbond substituents is 1. The minimum Gasteiger partial charge on any atom is -0.507 e. The van der Waals surface area contributed by atoms with Gasteiger partial charge in [0.1, 0.15) is 5.75 Å². The molecule has 3 aromatic rings. The molecule has 4 rings (SSSR count). The minimum absolute atomic E-state index is 0.0226. The molecule has 7 N–H and O–H groups in total. The third-order valence-electron chi connectivity index (χ3n) is 7.42. The van der Waals surface area contributed by atoms with E-state index in [1.54, 1.807) is 30.3 Å². The van der Waals surface area contributed by atoms with E-state index in [1.165, 1.54) is 6.08 Å². The molecule has 2 amide bonds. The number of rotatable bonds is 12. The van der Waals surface area contributed by atoms with Crippen LogP contribution in [0.3, 0.4) is 0 Å². The number of aromatic hydroxyl groups is 1. The number of hydrogen-bond donors (Lipinski definition) is 5. The van der Waals surface area contributed by atoms with Crippen molar-refractivity contribution in [3.63, 3.8) is 0 Å². The van der Waals surface area contributed by atoms with Crippen molar-refractivity contribution in [1.82, 2.24) is 15.5 Å². The first-order valence-electron chi connectivity index (χ1n) is 14.3. The first-order valence-corrected chi connectivity index (χ1v) is 14.3. The second-order valence-electron chi connectivity index (χ2n) is 10.4. The Morgan fingerprint density at radius 2 is 1.67 bits per heavy atom. The number of nitrogens with two attached hydrogens (primary N) is 2. The predicted octanol–water partition coefficient (Wildman–Crippen LogP) is 2.97. The predicted molar refractivity (Wildman–Crippen MR) is 167 cm³/mol. The van der Waals surface area contributed by atoms with Gasteiger partial charge in [0.15, 0.2) is 5.96 Å². The normalized spacial score (nSPS) is 17.3. The van der Waals surface area contributed by atoms with Crippen molar-refractivity contribution in [1.29, 1.82) is 0 Å². The topological polar surface area (TPSA) is 146 Å². The molecule has 0 radical (unpaired) electrons. The average molecular weight is 569 g/mol. The van der Waals surface area contributed by atoms with Gasteiger partial charge in [-0.2, -0.15) is 0 Å². The maximum atomic E-state index is 13.9. The molecule has 1 saturated heterocycles. The van der Waals surface area contributed by atoms with E-state index < -0.39 is 6.04 Å². The Morgan fingerprint density at radius 3 is 2.31 bits per heavy atom. The number of guanidine groups is 1. The van der Waals surface area contributed by atoms with Crippen LogP contribution in [-0.2, 0) is 9.59 Å². The fourth-order valence-corrected chi connectivity index (χ4v) is 5.21. The Morgan fingerprint density at radius 1 is 1.02 bits per heavy atom. The van der Waals surface area contributed by atoms with Crippen LogP contribution in [0.15, 0.2) is 96.0 Å². The fraction of sp³-hybridized carbons (Fsp3) is 0.303. The summed E-state index contributed by atoms with van der Waals surface area (Å²) in [6.45, 7) is 1.89. The van der Waals surface area contributed by atoms with Crippen molar-refractivity contribution < 1.29 is 14.7 Å². The van der Waals surface area contributed by atoms with Gasteiger partial charge in [-0.15, -0.1) is 0 Å². The molecule has 220 valence electrons. The number of amides is 2. The van der Waals surface area contributed by atoms with Gasteiger partial charge < -0.3 is 32.1 Å². The van der Waals surface area contributed by atoms with Gasteiger partial charge in [0, 0.05) is 49.8 Å². The van der Waals surface area contributed by atoms with E-state index in [2.05, 4.69) is 39.9 Å². The maximum absolute atomic E-state index is 13.9. The summed E-state index contributed by atoms with van der Waals surface area (Å²) in [5.74, 6) is -0.0782. The zero-order valence-electron chi connectivity index (χ0n) is 23.7. The van der Waals surface area contributed by atoms with Crippen molar-refractivity contribution in [3.05, 3.63) is 108 Å². The summed E-state index contributed by atoms with van der Waals surface area (Å²) in [6.07, 6.45) is 4.86. The number of benzene rings is 3. The molecule has 1 heterocycles. The van der Waals surface area contributed by atoms with Crippen molar-refractivity contribution in [2.24, 2.45) is 16.5 Å². The molecule has 0 aliphatic carbocycles. The maximum Gasteiger partial charge on any atom is 0.244 e. The zero-order valence-corrected chi connectivity index (χ0v) is 23.7. The monoisotopic (exact) mass is 568 g/mol. The Balaban J connectivity index is 1.47. The first kappa shape index (κ1) is 30.3. The average Bonchev–Trinajstić information content (AvgIpc) is 3.15. The van der Waals surface area contributed by atoms with Gasteiger partial charge in [0.25, 0.3) is 0 Å². The highest BCUT2D eigenvalue weighted by atomic mass is 16.3. The third kappa shape index (κ3) is 8.94. The molecular formula is C33H40N6O3. The number of nitrogens with zero attached hydrogens (tertiary/aromatic N) is 2. The van der Waals surface area contributed by atoms with E-state index in [-0.39, 0.29) is 35.5 Å². The van der Waals surface area contributed by atoms with Crippen LogP contribution in [0.2, 0.25) is 0 Å². The van der Waals surface area contributed by atoms with Crippen LogP contribution in [0.5, 0.6) is 5.75 Å². The SMILES string of the molecule is NC(N)=NCCCC1NC(CNC(=O)/C=C/c2ccccc2O)CCN(CC(c2ccccc2)c2ccccc2)C1=O. The number of hydrogen-bond acceptors (Lipinski definition) is 5. The molecule has 9 nitrogen and oxygen atoms in total. The number of para-hydroxylation sites is 1. The van der Waals surface area contributed by atoms with Crippen LogP contribution in [0.1, 0.15) is 41.9 Å². The van der Waals surface area contributed by atoms with Crippen molar-refractivity contribution in [3.8, 4) is 5.75 Å². The Labute approximate surface area is 247 Å². The second-order valence-corrected chi connectivity index (χ2v) is 10.4. The molecule has 0 aromatic heterocycles. The lowest BCUT2D eigenvalue weighted by atomic mass is 9.90. The number of nitrogens with one attached hydrogen (secondary N) is 2. The molecule has 2 unspecified atom stereocenters. The fourth-order valence-electron chi connectivity index (χ4n) is 5.21. The van der Waals surface area contributed by atoms with Crippen LogP contribution in [0.25, 0.3) is 6.08 Å². The highest BCUT2D eigenvalue weighted by Gasteiger charge is 2.32. The lowest BCUT2D eigenvalue weighted by Crippen LogP contribution is -2.49. The number of carbonyl (C=O) groups excluding carboxylic acids is 2. The molecule has 0 spiro atoms. The van der Waals surface area contributed by atoms with E-state index in [0.29, 0.717) is 51.0 Å². The first-order chi connectivity index (χ1) is 20.4. The van der Waals surface area contributed by atoms with Crippen molar-refractivity contribution in [2.75, 3.05) is 26.2 Å². The highest BCUT2D eigenvalue weighted by molar-refractivity contribution is 5.92. The molecule has 1 fully saturated rings. The summed E-state index contributed by atoms with van der Waals surface area (Å²) in [7, 11) is 0. The quantitative estimate of drug-likeness (QED) is 0.0983. The Hall–Kier alpha value is -4.63. The molecule has 9 heteroatoms. The largest absolute Gasteiger partial charge is 0.507 e. The molecule has 2 atom stereocenters. The standard InChI is InChI=1S/C33H40N6O3/c34-33(35)36-20-9-15-29-32(42)39(23-28(24-10-3-1-4-11-24)25-12-5-2-6-13-25)21-19-27(38-29)22-37-31(41)18-17-26-14-7-8-16-30(26)40/h1-8,10-14,16-18,27-29,38,40H,9,15,19-23H2,(H,37,41)(H4,34,35,36)/b18-17+. The lowest BCUT2D eigenvalue weighted by molar-refractivity contribution is -0.133. The molecule has 1 aliphatic rings. The van der Waals surface area contributed by atoms with Crippen LogP contribution < -0.4 is 22.1 Å². The van der Waals surface area contributed by atoms with Crippen LogP contribution in [-0.4, -0.2) is 66.0 Å². The van der Waals surface area contributed by atoms with E-state index in [9.17, 15) is 14.7 Å². The van der Waals surface area contributed by atoms with Crippen LogP contribution >= 0.6 is 0 Å². The molecule has 3 aromatic carbocycles. The van der Waals surface area contributed by atoms with Crippen LogP contribution in [0.4, 0.5) is 0 Å². The van der Waals surface area contributed by atoms with Gasteiger partial charge in [-0.3, -0.25) is 14.6 Å². The van der Waals surface area contributed by atoms with E-state index in [0.717, 1.165) is 11.1 Å². The van der Waals surface area contributed by atoms with Gasteiger partial charge >= 0.3 is 0 Å². The minimum atomic E-state index is -0.437. The molecule has 0 saturated carbocycles. The zero-order chi connectivity index (χ0) is 29.7. The van der Waals surface area contributed by atoms with Crippen molar-refractivity contribution >= 4 is 23.8 Å². The van der Waals surface area contributed by atoms with Crippen molar-refractivity contribution in [2.45, 2.75) is 37.3 Å². The smallest absolute Gasteiger partial charge is 0.244 e. The van der Waals surface area contributed by atoms with E-state index in [4.69, 9.17) is 11.5 Å². The summed E-state index contributed by atoms with van der Waals surface area (Å²) >= 11 is 0. The van der Waals surface area contributed by atoms with Gasteiger partial charge in [-0.1, -0.05) is 78.9 Å².